The van der Waals surface area contributed by atoms with Gasteiger partial charge in [-0.25, -0.2) is 0 Å². The normalized spacial score (nSPS) is 55.6. The maximum Gasteiger partial charge on any atom is 0.161 e. The third kappa shape index (κ3) is 2.03. The largest absolute Gasteiger partial charge is 0.390 e. The molecule has 3 fully saturated rings. The number of carbonyl (C=O) groups excluding carboxylic acids is 1. The Labute approximate surface area is 154 Å². The van der Waals surface area contributed by atoms with E-state index in [-0.39, 0.29) is 23.5 Å². The smallest absolute Gasteiger partial charge is 0.161 e. The van der Waals surface area contributed by atoms with Crippen LogP contribution in [0.2, 0.25) is 0 Å². The van der Waals surface area contributed by atoms with E-state index in [9.17, 15) is 25.2 Å². The van der Waals surface area contributed by atoms with Crippen molar-refractivity contribution in [1.82, 2.24) is 0 Å². The minimum Gasteiger partial charge on any atom is -0.390 e. The Morgan fingerprint density at radius 2 is 1.77 bits per heavy atom. The molecule has 0 aromatic heterocycles. The van der Waals surface area contributed by atoms with E-state index in [0.29, 0.717) is 18.4 Å². The van der Waals surface area contributed by atoms with Crippen LogP contribution in [0.1, 0.15) is 46.5 Å². The molecule has 5 heteroatoms. The summed E-state index contributed by atoms with van der Waals surface area (Å²) in [4.78, 5) is 12.3. The standard InChI is InChI=1S/C21H30O5/c1-11(22)21(26)9-6-14-16-13(5-8-20(14,21)3)19(2)7-4-12(23)10-15(19)17(24)18(16)25/h4,7,10,12-14,16-18,23-26H,5-6,8-9H2,1-3H3/t12-,13+,14+,16-,17+,18+,19-,20+,21+/m1/s1. The summed E-state index contributed by atoms with van der Waals surface area (Å²) in [5, 5.41) is 43.0. The fourth-order valence-corrected chi connectivity index (χ4v) is 6.93. The van der Waals surface area contributed by atoms with Gasteiger partial charge < -0.3 is 20.4 Å². The molecule has 4 aliphatic rings. The topological polar surface area (TPSA) is 98.0 Å². The maximum absolute atomic E-state index is 12.3. The molecule has 0 spiro atoms. The van der Waals surface area contributed by atoms with E-state index in [2.05, 4.69) is 6.92 Å². The molecule has 4 rings (SSSR count). The van der Waals surface area contributed by atoms with Crippen LogP contribution in [0.3, 0.4) is 0 Å². The first-order valence-electron chi connectivity index (χ1n) is 9.75. The lowest BCUT2D eigenvalue weighted by atomic mass is 9.46. The van der Waals surface area contributed by atoms with Gasteiger partial charge in [-0.15, -0.1) is 0 Å². The van der Waals surface area contributed by atoms with Gasteiger partial charge in [-0.2, -0.15) is 0 Å². The molecule has 0 heterocycles. The van der Waals surface area contributed by atoms with Crippen molar-refractivity contribution in [3.05, 3.63) is 23.8 Å². The molecule has 4 N–H and O–H groups in total. The summed E-state index contributed by atoms with van der Waals surface area (Å²) >= 11 is 0. The predicted molar refractivity (Wildman–Crippen MR) is 96.0 cm³/mol. The van der Waals surface area contributed by atoms with E-state index in [1.807, 2.05) is 13.0 Å². The minimum absolute atomic E-state index is 0.0153. The first-order chi connectivity index (χ1) is 12.1. The lowest BCUT2D eigenvalue weighted by Gasteiger charge is -2.60. The highest BCUT2D eigenvalue weighted by Gasteiger charge is 2.67. The second-order valence-corrected chi connectivity index (χ2v) is 9.39. The second kappa shape index (κ2) is 5.51. The number of aliphatic hydroxyl groups is 4. The van der Waals surface area contributed by atoms with Gasteiger partial charge in [0.1, 0.15) is 11.7 Å². The number of ketones is 1. The Kier molecular flexibility index (Phi) is 3.89. The van der Waals surface area contributed by atoms with Crippen molar-refractivity contribution in [3.8, 4) is 0 Å². The number of hydrogen-bond acceptors (Lipinski definition) is 5. The molecule has 0 unspecified atom stereocenters. The van der Waals surface area contributed by atoms with Gasteiger partial charge >= 0.3 is 0 Å². The van der Waals surface area contributed by atoms with E-state index in [0.717, 1.165) is 12.8 Å². The highest BCUT2D eigenvalue weighted by molar-refractivity contribution is 5.86. The quantitative estimate of drug-likeness (QED) is 0.528. The van der Waals surface area contributed by atoms with Gasteiger partial charge in [0.15, 0.2) is 5.78 Å². The van der Waals surface area contributed by atoms with Crippen LogP contribution in [0.15, 0.2) is 23.8 Å². The summed E-state index contributed by atoms with van der Waals surface area (Å²) in [6, 6.07) is 0. The number of carbonyl (C=O) groups is 1. The molecule has 0 aromatic carbocycles. The Morgan fingerprint density at radius 3 is 2.42 bits per heavy atom. The molecular weight excluding hydrogens is 332 g/mol. The van der Waals surface area contributed by atoms with Gasteiger partial charge in [-0.1, -0.05) is 26.0 Å². The molecule has 26 heavy (non-hydrogen) atoms. The van der Waals surface area contributed by atoms with Crippen LogP contribution >= 0.6 is 0 Å². The summed E-state index contributed by atoms with van der Waals surface area (Å²) in [6.07, 6.45) is 5.27. The Morgan fingerprint density at radius 1 is 1.12 bits per heavy atom. The molecular formula is C21H30O5. The van der Waals surface area contributed by atoms with Crippen molar-refractivity contribution >= 4 is 5.78 Å². The van der Waals surface area contributed by atoms with Crippen molar-refractivity contribution in [3.63, 3.8) is 0 Å². The molecule has 5 nitrogen and oxygen atoms in total. The highest BCUT2D eigenvalue weighted by Crippen LogP contribution is 2.67. The monoisotopic (exact) mass is 362 g/mol. The van der Waals surface area contributed by atoms with Crippen LogP contribution in [-0.2, 0) is 4.79 Å². The molecule has 4 aliphatic carbocycles. The van der Waals surface area contributed by atoms with Gasteiger partial charge in [-0.05, 0) is 62.0 Å². The second-order valence-electron chi connectivity index (χ2n) is 9.39. The van der Waals surface area contributed by atoms with Gasteiger partial charge in [0.2, 0.25) is 0 Å². The number of Topliss-reactive ketones (excluding diaryl/α,β-unsaturated/α-hetero) is 1. The van der Waals surface area contributed by atoms with Crippen LogP contribution in [0, 0.1) is 28.6 Å². The summed E-state index contributed by atoms with van der Waals surface area (Å²) in [5.74, 6) is -0.278. The zero-order chi connectivity index (χ0) is 19.1. The van der Waals surface area contributed by atoms with Gasteiger partial charge in [-0.3, -0.25) is 4.79 Å². The van der Waals surface area contributed by atoms with Crippen molar-refractivity contribution in [2.24, 2.45) is 28.6 Å². The molecule has 0 saturated heterocycles. The summed E-state index contributed by atoms with van der Waals surface area (Å²) in [5.41, 5.74) is -1.63. The van der Waals surface area contributed by atoms with Crippen LogP contribution in [0.4, 0.5) is 0 Å². The van der Waals surface area contributed by atoms with E-state index < -0.39 is 34.7 Å². The Bertz CT molecular complexity index is 699. The van der Waals surface area contributed by atoms with Crippen molar-refractivity contribution in [2.75, 3.05) is 0 Å². The zero-order valence-electron chi connectivity index (χ0n) is 15.7. The SMILES string of the molecule is CC(=O)[C@@]1(O)CC[C@H]2[C@@H]3[C@H](O)[C@@H](O)C4=C[C@H](O)C=C[C@]4(C)[C@H]3CC[C@@]21C. The van der Waals surface area contributed by atoms with Gasteiger partial charge in [0.25, 0.3) is 0 Å². The number of allylic oxidation sites excluding steroid dienone is 1. The first kappa shape index (κ1) is 18.4. The van der Waals surface area contributed by atoms with E-state index in [1.54, 1.807) is 12.2 Å². The Balaban J connectivity index is 1.78. The molecule has 0 radical (unpaired) electrons. The van der Waals surface area contributed by atoms with Crippen LogP contribution < -0.4 is 0 Å². The fraction of sp³-hybridized carbons (Fsp3) is 0.762. The van der Waals surface area contributed by atoms with Crippen LogP contribution in [-0.4, -0.2) is 50.1 Å². The zero-order valence-corrected chi connectivity index (χ0v) is 15.7. The van der Waals surface area contributed by atoms with Gasteiger partial charge in [0, 0.05) is 10.8 Å². The van der Waals surface area contributed by atoms with E-state index in [4.69, 9.17) is 0 Å². The molecule has 144 valence electrons. The predicted octanol–water partition coefficient (Wildman–Crippen LogP) is 1.35. The minimum atomic E-state index is -1.34. The Hall–Kier alpha value is -1.01. The van der Waals surface area contributed by atoms with Crippen LogP contribution in [0.25, 0.3) is 0 Å². The number of hydrogen-bond donors (Lipinski definition) is 4. The van der Waals surface area contributed by atoms with Crippen molar-refractivity contribution in [1.29, 1.82) is 0 Å². The number of fused-ring (bicyclic) bond motifs is 5. The first-order valence-corrected chi connectivity index (χ1v) is 9.75. The summed E-state index contributed by atoms with van der Waals surface area (Å²) in [6.45, 7) is 5.51. The van der Waals surface area contributed by atoms with Crippen LogP contribution in [0.5, 0.6) is 0 Å². The third-order valence-corrected chi connectivity index (χ3v) is 8.49. The van der Waals surface area contributed by atoms with E-state index in [1.165, 1.54) is 6.92 Å². The average molecular weight is 362 g/mol. The maximum atomic E-state index is 12.3. The molecule has 0 aromatic rings. The lowest BCUT2D eigenvalue weighted by molar-refractivity contribution is -0.175. The fourth-order valence-electron chi connectivity index (χ4n) is 6.93. The molecule has 3 saturated carbocycles. The molecule has 9 atom stereocenters. The molecule has 0 aliphatic heterocycles. The van der Waals surface area contributed by atoms with Crippen molar-refractivity contribution in [2.45, 2.75) is 70.4 Å². The molecule has 0 amide bonds. The van der Waals surface area contributed by atoms with E-state index >= 15 is 0 Å². The van der Waals surface area contributed by atoms with Gasteiger partial charge in [0.05, 0.1) is 12.2 Å². The average Bonchev–Trinajstić information content (AvgIpc) is 2.87. The number of rotatable bonds is 1. The lowest BCUT2D eigenvalue weighted by Crippen LogP contribution is -2.62. The summed E-state index contributed by atoms with van der Waals surface area (Å²) in [7, 11) is 0. The highest BCUT2D eigenvalue weighted by atomic mass is 16.3. The number of aliphatic hydroxyl groups excluding tert-OH is 3. The van der Waals surface area contributed by atoms with Crippen molar-refractivity contribution < 1.29 is 25.2 Å². The third-order valence-electron chi connectivity index (χ3n) is 8.49. The summed E-state index contributed by atoms with van der Waals surface area (Å²) < 4.78 is 0. The molecule has 0 bridgehead atoms.